The molecule has 0 aliphatic rings. The van der Waals surface area contributed by atoms with Gasteiger partial charge in [0.25, 0.3) is 5.91 Å². The zero-order valence-corrected chi connectivity index (χ0v) is 14.0. The van der Waals surface area contributed by atoms with Crippen LogP contribution in [0.5, 0.6) is 5.75 Å². The molecule has 0 saturated carbocycles. The molecule has 0 unspecified atom stereocenters. The maximum Gasteiger partial charge on any atom is 0.326 e. The fourth-order valence-electron chi connectivity index (χ4n) is 2.16. The SMILES string of the molecule is CC[C@H](C)[C@H](NC(=O)c1ccc(COc2ccc(F)cc2)o1)C(=O)O. The van der Waals surface area contributed by atoms with E-state index in [1.165, 1.54) is 30.3 Å². The number of carboxylic acids is 1. The molecule has 25 heavy (non-hydrogen) atoms. The van der Waals surface area contributed by atoms with Gasteiger partial charge in [0, 0.05) is 0 Å². The number of nitrogens with one attached hydrogen (secondary N) is 1. The maximum atomic E-state index is 12.8. The number of benzene rings is 1. The van der Waals surface area contributed by atoms with Crippen LogP contribution in [0.3, 0.4) is 0 Å². The molecule has 0 saturated heterocycles. The quantitative estimate of drug-likeness (QED) is 0.764. The molecule has 0 fully saturated rings. The average Bonchev–Trinajstić information content (AvgIpc) is 3.07. The molecule has 1 heterocycles. The molecule has 0 spiro atoms. The van der Waals surface area contributed by atoms with Crippen LogP contribution in [-0.4, -0.2) is 23.0 Å². The Morgan fingerprint density at radius 2 is 1.92 bits per heavy atom. The zero-order chi connectivity index (χ0) is 18.4. The van der Waals surface area contributed by atoms with Crippen LogP contribution < -0.4 is 10.1 Å². The van der Waals surface area contributed by atoms with E-state index in [1.54, 1.807) is 13.0 Å². The predicted molar refractivity (Wildman–Crippen MR) is 87.8 cm³/mol. The van der Waals surface area contributed by atoms with Crippen LogP contribution in [0, 0.1) is 11.7 Å². The molecule has 0 aliphatic carbocycles. The third-order valence-corrected chi connectivity index (χ3v) is 3.85. The van der Waals surface area contributed by atoms with E-state index >= 15 is 0 Å². The topological polar surface area (TPSA) is 88.8 Å². The van der Waals surface area contributed by atoms with Crippen LogP contribution in [0.25, 0.3) is 0 Å². The lowest BCUT2D eigenvalue weighted by atomic mass is 9.99. The number of amides is 1. The summed E-state index contributed by atoms with van der Waals surface area (Å²) in [5.74, 6) is -1.39. The summed E-state index contributed by atoms with van der Waals surface area (Å²) in [6.07, 6.45) is 0.617. The van der Waals surface area contributed by atoms with E-state index in [1.807, 2.05) is 6.92 Å². The van der Waals surface area contributed by atoms with E-state index in [4.69, 9.17) is 9.15 Å². The smallest absolute Gasteiger partial charge is 0.326 e. The molecule has 2 N–H and O–H groups in total. The van der Waals surface area contributed by atoms with Gasteiger partial charge in [-0.05, 0) is 42.3 Å². The van der Waals surface area contributed by atoms with E-state index in [0.29, 0.717) is 17.9 Å². The molecule has 1 aromatic heterocycles. The van der Waals surface area contributed by atoms with Gasteiger partial charge in [0.15, 0.2) is 5.76 Å². The van der Waals surface area contributed by atoms with Crippen molar-refractivity contribution in [1.82, 2.24) is 5.32 Å². The van der Waals surface area contributed by atoms with Gasteiger partial charge in [0.2, 0.25) is 0 Å². The van der Waals surface area contributed by atoms with Crippen molar-refractivity contribution in [2.24, 2.45) is 5.92 Å². The van der Waals surface area contributed by atoms with Gasteiger partial charge in [-0.2, -0.15) is 0 Å². The molecule has 2 aromatic rings. The van der Waals surface area contributed by atoms with Gasteiger partial charge in [-0.1, -0.05) is 20.3 Å². The van der Waals surface area contributed by atoms with Crippen LogP contribution in [0.1, 0.15) is 36.6 Å². The highest BCUT2D eigenvalue weighted by molar-refractivity contribution is 5.94. The molecule has 2 atom stereocenters. The van der Waals surface area contributed by atoms with Gasteiger partial charge in [-0.3, -0.25) is 4.79 Å². The van der Waals surface area contributed by atoms with Gasteiger partial charge in [-0.25, -0.2) is 9.18 Å². The summed E-state index contributed by atoms with van der Waals surface area (Å²) in [5, 5.41) is 11.7. The van der Waals surface area contributed by atoms with E-state index < -0.39 is 17.9 Å². The third-order valence-electron chi connectivity index (χ3n) is 3.85. The second kappa shape index (κ2) is 8.32. The summed E-state index contributed by atoms with van der Waals surface area (Å²) in [5.41, 5.74) is 0. The lowest BCUT2D eigenvalue weighted by molar-refractivity contribution is -0.140. The minimum atomic E-state index is -1.09. The summed E-state index contributed by atoms with van der Waals surface area (Å²) < 4.78 is 23.6. The first-order valence-electron chi connectivity index (χ1n) is 7.91. The van der Waals surface area contributed by atoms with Crippen molar-refractivity contribution < 1.29 is 28.2 Å². The Labute approximate surface area is 144 Å². The second-order valence-corrected chi connectivity index (χ2v) is 5.68. The number of hydrogen-bond acceptors (Lipinski definition) is 4. The number of carbonyl (C=O) groups excluding carboxylic acids is 1. The normalized spacial score (nSPS) is 13.1. The highest BCUT2D eigenvalue weighted by Crippen LogP contribution is 2.16. The Bertz CT molecular complexity index is 725. The molecule has 2 rings (SSSR count). The first-order valence-corrected chi connectivity index (χ1v) is 7.91. The van der Waals surface area contributed by atoms with Crippen molar-refractivity contribution in [3.05, 3.63) is 53.7 Å². The number of halogens is 1. The summed E-state index contributed by atoms with van der Waals surface area (Å²) >= 11 is 0. The van der Waals surface area contributed by atoms with E-state index in [2.05, 4.69) is 5.32 Å². The lowest BCUT2D eigenvalue weighted by Gasteiger charge is -2.19. The minimum absolute atomic E-state index is 0.00672. The van der Waals surface area contributed by atoms with Crippen LogP contribution >= 0.6 is 0 Å². The van der Waals surface area contributed by atoms with Crippen LogP contribution in [0.2, 0.25) is 0 Å². The number of hydrogen-bond donors (Lipinski definition) is 2. The Morgan fingerprint density at radius 1 is 1.24 bits per heavy atom. The Morgan fingerprint density at radius 3 is 2.52 bits per heavy atom. The fraction of sp³-hybridized carbons (Fsp3) is 0.333. The molecule has 0 bridgehead atoms. The van der Waals surface area contributed by atoms with Crippen LogP contribution in [0.4, 0.5) is 4.39 Å². The summed E-state index contributed by atoms with van der Waals surface area (Å²) in [7, 11) is 0. The molecule has 1 aromatic carbocycles. The van der Waals surface area contributed by atoms with Crippen molar-refractivity contribution in [2.75, 3.05) is 0 Å². The number of carbonyl (C=O) groups is 2. The van der Waals surface area contributed by atoms with Crippen molar-refractivity contribution >= 4 is 11.9 Å². The Kier molecular flexibility index (Phi) is 6.16. The van der Waals surface area contributed by atoms with Crippen molar-refractivity contribution in [3.8, 4) is 5.75 Å². The number of furan rings is 1. The van der Waals surface area contributed by atoms with E-state index in [0.717, 1.165) is 0 Å². The first-order chi connectivity index (χ1) is 11.9. The summed E-state index contributed by atoms with van der Waals surface area (Å²) in [6.45, 7) is 3.67. The Balaban J connectivity index is 1.96. The lowest BCUT2D eigenvalue weighted by Crippen LogP contribution is -2.44. The standard InChI is InChI=1S/C18H20FNO5/c1-3-11(2)16(18(22)23)20-17(21)15-9-8-14(25-15)10-24-13-6-4-12(19)5-7-13/h4-9,11,16H,3,10H2,1-2H3,(H,20,21)(H,22,23)/t11-,16-/m0/s1. The van der Waals surface area contributed by atoms with Gasteiger partial charge >= 0.3 is 5.97 Å². The molecule has 0 aliphatic heterocycles. The third kappa shape index (κ3) is 5.07. The van der Waals surface area contributed by atoms with Crippen molar-refractivity contribution in [2.45, 2.75) is 32.9 Å². The summed E-state index contributed by atoms with van der Waals surface area (Å²) in [6, 6.07) is 7.55. The highest BCUT2D eigenvalue weighted by atomic mass is 19.1. The fourth-order valence-corrected chi connectivity index (χ4v) is 2.16. The summed E-state index contributed by atoms with van der Waals surface area (Å²) in [4.78, 5) is 23.4. The van der Waals surface area contributed by atoms with Crippen molar-refractivity contribution in [3.63, 3.8) is 0 Å². The van der Waals surface area contributed by atoms with Crippen LogP contribution in [-0.2, 0) is 11.4 Å². The monoisotopic (exact) mass is 349 g/mol. The zero-order valence-electron chi connectivity index (χ0n) is 14.0. The number of aliphatic carboxylic acids is 1. The molecule has 134 valence electrons. The molecule has 0 radical (unpaired) electrons. The van der Waals surface area contributed by atoms with Gasteiger partial charge < -0.3 is 19.6 Å². The number of rotatable bonds is 8. The van der Waals surface area contributed by atoms with Crippen LogP contribution in [0.15, 0.2) is 40.8 Å². The number of ether oxygens (including phenoxy) is 1. The van der Waals surface area contributed by atoms with Gasteiger partial charge in [0.05, 0.1) is 0 Å². The molecule has 1 amide bonds. The van der Waals surface area contributed by atoms with Crippen molar-refractivity contribution in [1.29, 1.82) is 0 Å². The van der Waals surface area contributed by atoms with Gasteiger partial charge in [-0.15, -0.1) is 0 Å². The first kappa shape index (κ1) is 18.5. The number of carboxylic acid groups (broad SMARTS) is 1. The molecule has 6 nitrogen and oxygen atoms in total. The minimum Gasteiger partial charge on any atom is -0.486 e. The Hall–Kier alpha value is -2.83. The predicted octanol–water partition coefficient (Wildman–Crippen LogP) is 3.23. The highest BCUT2D eigenvalue weighted by Gasteiger charge is 2.26. The largest absolute Gasteiger partial charge is 0.486 e. The molecular formula is C18H20FNO5. The average molecular weight is 349 g/mol. The van der Waals surface area contributed by atoms with Gasteiger partial charge in [0.1, 0.15) is 30.0 Å². The van der Waals surface area contributed by atoms with E-state index in [-0.39, 0.29) is 24.1 Å². The second-order valence-electron chi connectivity index (χ2n) is 5.68. The van der Waals surface area contributed by atoms with E-state index in [9.17, 15) is 19.1 Å². The molecular weight excluding hydrogens is 329 g/mol. The molecule has 7 heteroatoms. The maximum absolute atomic E-state index is 12.8.